The topological polar surface area (TPSA) is 49.8 Å². The average molecular weight is 301 g/mol. The van der Waals surface area contributed by atoms with Crippen LogP contribution in [0.2, 0.25) is 0 Å². The van der Waals surface area contributed by atoms with Crippen LogP contribution in [-0.2, 0) is 0 Å². The van der Waals surface area contributed by atoms with Crippen molar-refractivity contribution in [3.05, 3.63) is 48.3 Å². The summed E-state index contributed by atoms with van der Waals surface area (Å²) in [7, 11) is 4.24. The summed E-state index contributed by atoms with van der Waals surface area (Å²) in [6, 6.07) is 7.96. The fraction of sp³-hybridized carbons (Fsp3) is 0.556. The van der Waals surface area contributed by atoms with Crippen molar-refractivity contribution in [1.82, 2.24) is 4.90 Å². The third-order valence-electron chi connectivity index (χ3n) is 5.93. The Morgan fingerprint density at radius 1 is 1.00 bits per heavy atom. The first kappa shape index (κ1) is 14.1. The molecule has 118 valence electrons. The van der Waals surface area contributed by atoms with Crippen LogP contribution in [0.5, 0.6) is 0 Å². The van der Waals surface area contributed by atoms with Crippen molar-refractivity contribution < 1.29 is 13.9 Å². The van der Waals surface area contributed by atoms with Crippen molar-refractivity contribution in [3.63, 3.8) is 0 Å². The van der Waals surface area contributed by atoms with Crippen molar-refractivity contribution in [1.29, 1.82) is 0 Å². The number of hydrogen-bond acceptors (Lipinski definition) is 4. The highest BCUT2D eigenvalue weighted by atomic mass is 16.3. The van der Waals surface area contributed by atoms with E-state index in [0.717, 1.165) is 30.8 Å². The minimum absolute atomic E-state index is 0.00306. The molecule has 0 saturated heterocycles. The molecule has 3 atom stereocenters. The van der Waals surface area contributed by atoms with Crippen molar-refractivity contribution in [2.45, 2.75) is 42.7 Å². The number of furan rings is 2. The zero-order valence-corrected chi connectivity index (χ0v) is 13.1. The normalized spacial score (nSPS) is 37.8. The van der Waals surface area contributed by atoms with Crippen LogP contribution in [0.3, 0.4) is 0 Å². The van der Waals surface area contributed by atoms with Gasteiger partial charge in [0.05, 0.1) is 18.6 Å². The van der Waals surface area contributed by atoms with E-state index in [0.29, 0.717) is 0 Å². The minimum Gasteiger partial charge on any atom is -0.469 e. The van der Waals surface area contributed by atoms with E-state index in [1.54, 1.807) is 12.5 Å². The molecular weight excluding hydrogens is 278 g/mol. The maximum absolute atomic E-state index is 10.8. The van der Waals surface area contributed by atoms with E-state index in [1.807, 2.05) is 24.3 Å². The van der Waals surface area contributed by atoms with Crippen molar-refractivity contribution >= 4 is 0 Å². The molecule has 3 aliphatic rings. The number of rotatable bonds is 3. The molecule has 0 aliphatic heterocycles. The summed E-state index contributed by atoms with van der Waals surface area (Å²) < 4.78 is 11.4. The molecule has 3 saturated carbocycles. The number of aliphatic hydroxyl groups excluding tert-OH is 1. The second kappa shape index (κ2) is 5.00. The number of hydrogen-bond donors (Lipinski definition) is 1. The summed E-state index contributed by atoms with van der Waals surface area (Å²) in [5, 5.41) is 10.8. The fourth-order valence-electron chi connectivity index (χ4n) is 4.82. The predicted molar refractivity (Wildman–Crippen MR) is 82.7 cm³/mol. The largest absolute Gasteiger partial charge is 0.469 e. The molecule has 0 radical (unpaired) electrons. The van der Waals surface area contributed by atoms with Crippen LogP contribution in [0, 0.1) is 5.92 Å². The monoisotopic (exact) mass is 301 g/mol. The van der Waals surface area contributed by atoms with Gasteiger partial charge in [-0.2, -0.15) is 0 Å². The van der Waals surface area contributed by atoms with Gasteiger partial charge in [0.2, 0.25) is 0 Å². The Morgan fingerprint density at radius 3 is 1.95 bits per heavy atom. The molecule has 2 aromatic heterocycles. The molecule has 2 heterocycles. The summed E-state index contributed by atoms with van der Waals surface area (Å²) in [4.78, 5) is 2.29. The van der Waals surface area contributed by atoms with Crippen LogP contribution in [0.25, 0.3) is 0 Å². The van der Waals surface area contributed by atoms with E-state index < -0.39 is 0 Å². The van der Waals surface area contributed by atoms with E-state index in [4.69, 9.17) is 8.83 Å². The molecule has 2 bridgehead atoms. The summed E-state index contributed by atoms with van der Waals surface area (Å²) in [6.45, 7) is 0. The van der Waals surface area contributed by atoms with Crippen molar-refractivity contribution in [2.24, 2.45) is 5.92 Å². The van der Waals surface area contributed by atoms with Gasteiger partial charge in [0.1, 0.15) is 11.5 Å². The predicted octanol–water partition coefficient (Wildman–Crippen LogP) is 3.22. The summed E-state index contributed by atoms with van der Waals surface area (Å²) >= 11 is 0. The van der Waals surface area contributed by atoms with Gasteiger partial charge in [0, 0.05) is 23.3 Å². The van der Waals surface area contributed by atoms with Crippen LogP contribution in [0.4, 0.5) is 0 Å². The maximum Gasteiger partial charge on any atom is 0.107 e. The van der Waals surface area contributed by atoms with Gasteiger partial charge >= 0.3 is 0 Å². The number of aliphatic hydroxyl groups is 1. The highest BCUT2D eigenvalue weighted by molar-refractivity contribution is 5.25. The molecule has 22 heavy (non-hydrogen) atoms. The lowest BCUT2D eigenvalue weighted by atomic mass is 9.53. The quantitative estimate of drug-likeness (QED) is 0.945. The highest BCUT2D eigenvalue weighted by Gasteiger charge is 2.57. The van der Waals surface area contributed by atoms with Crippen LogP contribution in [0.1, 0.15) is 42.6 Å². The number of fused-ring (bicyclic) bond motifs is 3. The Kier molecular flexibility index (Phi) is 3.20. The molecule has 4 heteroatoms. The Labute approximate surface area is 130 Å². The van der Waals surface area contributed by atoms with Gasteiger partial charge in [0.25, 0.3) is 0 Å². The lowest BCUT2D eigenvalue weighted by Crippen LogP contribution is -2.60. The second-order valence-corrected chi connectivity index (χ2v) is 7.12. The second-order valence-electron chi connectivity index (χ2n) is 7.12. The highest BCUT2D eigenvalue weighted by Crippen LogP contribution is 2.59. The van der Waals surface area contributed by atoms with Gasteiger partial charge in [-0.25, -0.2) is 0 Å². The lowest BCUT2D eigenvalue weighted by molar-refractivity contribution is -0.0975. The van der Waals surface area contributed by atoms with Gasteiger partial charge in [0.15, 0.2) is 0 Å². The van der Waals surface area contributed by atoms with E-state index in [-0.39, 0.29) is 29.4 Å². The zero-order chi connectivity index (χ0) is 15.3. The molecule has 0 unspecified atom stereocenters. The van der Waals surface area contributed by atoms with Gasteiger partial charge in [-0.05, 0) is 57.6 Å². The first-order chi connectivity index (χ1) is 10.6. The zero-order valence-electron chi connectivity index (χ0n) is 13.1. The molecule has 0 amide bonds. The molecule has 1 N–H and O–H groups in total. The molecule has 2 aromatic rings. The molecule has 0 spiro atoms. The Morgan fingerprint density at radius 2 is 1.55 bits per heavy atom. The SMILES string of the molecule is CN(C)C12C[C@H](O)C([C@H](c3ccco3)C1)[C@H](c1ccco1)C2. The molecule has 4 nitrogen and oxygen atoms in total. The molecule has 0 aromatic carbocycles. The molecule has 3 fully saturated rings. The van der Waals surface area contributed by atoms with Crippen LogP contribution in [-0.4, -0.2) is 35.7 Å². The third-order valence-corrected chi connectivity index (χ3v) is 5.93. The van der Waals surface area contributed by atoms with E-state index >= 15 is 0 Å². The standard InChI is InChI=1S/C18H23NO3/c1-19(2)18-9-12(15-5-3-7-21-15)17(14(20)11-18)13(10-18)16-6-4-8-22-16/h3-8,12-14,17,20H,9-11H2,1-2H3/t12-,13-,14-,17?,18?/m0/s1. The van der Waals surface area contributed by atoms with Crippen LogP contribution >= 0.6 is 0 Å². The smallest absolute Gasteiger partial charge is 0.107 e. The van der Waals surface area contributed by atoms with Crippen molar-refractivity contribution in [3.8, 4) is 0 Å². The molecule has 5 rings (SSSR count). The Balaban J connectivity index is 1.79. The third kappa shape index (κ3) is 1.97. The van der Waals surface area contributed by atoms with Gasteiger partial charge in [-0.15, -0.1) is 0 Å². The lowest BCUT2D eigenvalue weighted by Gasteiger charge is -2.58. The van der Waals surface area contributed by atoms with Gasteiger partial charge in [-0.3, -0.25) is 0 Å². The summed E-state index contributed by atoms with van der Waals surface area (Å²) in [6.07, 6.45) is 6.04. The fourth-order valence-corrected chi connectivity index (χ4v) is 4.82. The Hall–Kier alpha value is -1.52. The summed E-state index contributed by atoms with van der Waals surface area (Å²) in [5.41, 5.74) is 0.00306. The van der Waals surface area contributed by atoms with Gasteiger partial charge in [-0.1, -0.05) is 0 Å². The Bertz CT molecular complexity index is 573. The summed E-state index contributed by atoms with van der Waals surface area (Å²) in [5.74, 6) is 2.63. The first-order valence-corrected chi connectivity index (χ1v) is 8.03. The van der Waals surface area contributed by atoms with Crippen LogP contribution < -0.4 is 0 Å². The van der Waals surface area contributed by atoms with Crippen molar-refractivity contribution in [2.75, 3.05) is 14.1 Å². The first-order valence-electron chi connectivity index (χ1n) is 8.03. The van der Waals surface area contributed by atoms with Gasteiger partial charge < -0.3 is 18.8 Å². The van der Waals surface area contributed by atoms with E-state index in [1.165, 1.54) is 0 Å². The molecular formula is C18H23NO3. The van der Waals surface area contributed by atoms with Crippen LogP contribution in [0.15, 0.2) is 45.6 Å². The van der Waals surface area contributed by atoms with E-state index in [9.17, 15) is 5.11 Å². The number of nitrogens with zero attached hydrogens (tertiary/aromatic N) is 1. The molecule has 3 aliphatic carbocycles. The maximum atomic E-state index is 10.8. The minimum atomic E-state index is -0.324. The van der Waals surface area contributed by atoms with E-state index in [2.05, 4.69) is 19.0 Å². The average Bonchev–Trinajstić information content (AvgIpc) is 3.20.